The first kappa shape index (κ1) is 13.5. The van der Waals surface area contributed by atoms with E-state index in [1.807, 2.05) is 0 Å². The molecule has 0 aliphatic carbocycles. The van der Waals surface area contributed by atoms with Gasteiger partial charge < -0.3 is 4.90 Å². The van der Waals surface area contributed by atoms with Crippen LogP contribution in [0.3, 0.4) is 0 Å². The van der Waals surface area contributed by atoms with Crippen LogP contribution in [0.1, 0.15) is 58.3 Å². The van der Waals surface area contributed by atoms with Crippen molar-refractivity contribution in [2.75, 3.05) is 19.6 Å². The average Bonchev–Trinajstić information content (AvgIpc) is 2.63. The Bertz CT molecular complexity index is 149. The second-order valence-corrected chi connectivity index (χ2v) is 6.10. The Balaban J connectivity index is 1.81. The maximum Gasteiger partial charge on any atom is 0.0285 e. The third-order valence-electron chi connectivity index (χ3n) is 3.29. The SMILES string of the molecule is CCCCCCCCCN1CCC(Br)C1. The predicted molar refractivity (Wildman–Crippen MR) is 71.8 cm³/mol. The minimum absolute atomic E-state index is 0.766. The highest BCUT2D eigenvalue weighted by Gasteiger charge is 2.18. The second kappa shape index (κ2) is 8.58. The van der Waals surface area contributed by atoms with Crippen molar-refractivity contribution in [1.29, 1.82) is 0 Å². The molecule has 15 heavy (non-hydrogen) atoms. The number of hydrogen-bond acceptors (Lipinski definition) is 1. The first-order valence-corrected chi connectivity index (χ1v) is 7.61. The molecule has 2 heteroatoms. The van der Waals surface area contributed by atoms with Gasteiger partial charge in [0, 0.05) is 11.4 Å². The zero-order valence-corrected chi connectivity index (χ0v) is 11.8. The number of likely N-dealkylation sites (tertiary alicyclic amines) is 1. The van der Waals surface area contributed by atoms with E-state index < -0.39 is 0 Å². The van der Waals surface area contributed by atoms with Gasteiger partial charge in [0.15, 0.2) is 0 Å². The summed E-state index contributed by atoms with van der Waals surface area (Å²) in [5.41, 5.74) is 0. The van der Waals surface area contributed by atoms with Gasteiger partial charge >= 0.3 is 0 Å². The van der Waals surface area contributed by atoms with Gasteiger partial charge in [-0.1, -0.05) is 61.4 Å². The van der Waals surface area contributed by atoms with E-state index in [1.54, 1.807) is 0 Å². The number of rotatable bonds is 8. The Morgan fingerprint density at radius 2 is 1.73 bits per heavy atom. The van der Waals surface area contributed by atoms with Gasteiger partial charge in [-0.3, -0.25) is 0 Å². The fourth-order valence-electron chi connectivity index (χ4n) is 2.28. The summed E-state index contributed by atoms with van der Waals surface area (Å²) in [5.74, 6) is 0. The van der Waals surface area contributed by atoms with E-state index in [1.165, 1.54) is 71.0 Å². The van der Waals surface area contributed by atoms with Crippen LogP contribution in [0.2, 0.25) is 0 Å². The molecule has 0 saturated carbocycles. The largest absolute Gasteiger partial charge is 0.302 e. The van der Waals surface area contributed by atoms with E-state index in [4.69, 9.17) is 0 Å². The Hall–Kier alpha value is 0.440. The van der Waals surface area contributed by atoms with Crippen LogP contribution in [0, 0.1) is 0 Å². The van der Waals surface area contributed by atoms with Crippen molar-refractivity contribution in [1.82, 2.24) is 4.90 Å². The van der Waals surface area contributed by atoms with Crippen LogP contribution in [-0.4, -0.2) is 29.4 Å². The quantitative estimate of drug-likeness (QED) is 0.474. The van der Waals surface area contributed by atoms with Gasteiger partial charge in [0.05, 0.1) is 0 Å². The van der Waals surface area contributed by atoms with Crippen molar-refractivity contribution in [2.24, 2.45) is 0 Å². The Labute approximate surface area is 104 Å². The number of nitrogens with zero attached hydrogens (tertiary/aromatic N) is 1. The van der Waals surface area contributed by atoms with Crippen LogP contribution < -0.4 is 0 Å². The standard InChI is InChI=1S/C13H26BrN/c1-2-3-4-5-6-7-8-10-15-11-9-13(14)12-15/h13H,2-12H2,1H3. The molecule has 1 saturated heterocycles. The summed E-state index contributed by atoms with van der Waals surface area (Å²) >= 11 is 3.69. The molecule has 1 aliphatic rings. The Kier molecular flexibility index (Phi) is 7.72. The molecular weight excluding hydrogens is 250 g/mol. The van der Waals surface area contributed by atoms with Crippen LogP contribution in [0.25, 0.3) is 0 Å². The Morgan fingerprint density at radius 3 is 2.33 bits per heavy atom. The van der Waals surface area contributed by atoms with Crippen molar-refractivity contribution in [3.63, 3.8) is 0 Å². The zero-order chi connectivity index (χ0) is 10.9. The third kappa shape index (κ3) is 6.57. The molecule has 0 aromatic carbocycles. The molecular formula is C13H26BrN. The summed E-state index contributed by atoms with van der Waals surface area (Å²) < 4.78 is 0. The molecule has 0 bridgehead atoms. The highest BCUT2D eigenvalue weighted by molar-refractivity contribution is 9.09. The van der Waals surface area contributed by atoms with Gasteiger partial charge in [-0.15, -0.1) is 0 Å². The van der Waals surface area contributed by atoms with Gasteiger partial charge in [-0.2, -0.15) is 0 Å². The van der Waals surface area contributed by atoms with Crippen LogP contribution >= 0.6 is 15.9 Å². The number of alkyl halides is 1. The van der Waals surface area contributed by atoms with Crippen molar-refractivity contribution in [2.45, 2.75) is 63.1 Å². The van der Waals surface area contributed by atoms with Crippen LogP contribution in [0.4, 0.5) is 0 Å². The summed E-state index contributed by atoms with van der Waals surface area (Å²) in [6.45, 7) is 6.20. The van der Waals surface area contributed by atoms with Crippen LogP contribution in [0.15, 0.2) is 0 Å². The van der Waals surface area contributed by atoms with Gasteiger partial charge in [-0.25, -0.2) is 0 Å². The Morgan fingerprint density at radius 1 is 1.07 bits per heavy atom. The smallest absolute Gasteiger partial charge is 0.0285 e. The molecule has 1 aliphatic heterocycles. The first-order chi connectivity index (χ1) is 7.33. The normalized spacial score (nSPS) is 22.4. The molecule has 1 fully saturated rings. The fourth-order valence-corrected chi connectivity index (χ4v) is 2.90. The molecule has 0 radical (unpaired) electrons. The minimum Gasteiger partial charge on any atom is -0.302 e. The van der Waals surface area contributed by atoms with Gasteiger partial charge in [0.2, 0.25) is 0 Å². The highest BCUT2D eigenvalue weighted by atomic mass is 79.9. The number of unbranched alkanes of at least 4 members (excludes halogenated alkanes) is 6. The average molecular weight is 276 g/mol. The van der Waals surface area contributed by atoms with E-state index in [0.29, 0.717) is 0 Å². The molecule has 1 rings (SSSR count). The second-order valence-electron chi connectivity index (χ2n) is 4.81. The zero-order valence-electron chi connectivity index (χ0n) is 10.2. The van der Waals surface area contributed by atoms with Gasteiger partial charge in [-0.05, 0) is 25.9 Å². The highest BCUT2D eigenvalue weighted by Crippen LogP contribution is 2.17. The summed E-state index contributed by atoms with van der Waals surface area (Å²) in [7, 11) is 0. The molecule has 0 amide bonds. The fraction of sp³-hybridized carbons (Fsp3) is 1.00. The number of halogens is 1. The van der Waals surface area contributed by atoms with Crippen molar-refractivity contribution in [3.8, 4) is 0 Å². The summed E-state index contributed by atoms with van der Waals surface area (Å²) in [6.07, 6.45) is 11.3. The van der Waals surface area contributed by atoms with E-state index in [-0.39, 0.29) is 0 Å². The van der Waals surface area contributed by atoms with E-state index in [9.17, 15) is 0 Å². The lowest BCUT2D eigenvalue weighted by atomic mass is 10.1. The first-order valence-electron chi connectivity index (χ1n) is 6.69. The number of hydrogen-bond donors (Lipinski definition) is 0. The van der Waals surface area contributed by atoms with E-state index in [0.717, 1.165) is 4.83 Å². The van der Waals surface area contributed by atoms with Crippen LogP contribution in [0.5, 0.6) is 0 Å². The molecule has 1 nitrogen and oxygen atoms in total. The molecule has 90 valence electrons. The lowest BCUT2D eigenvalue weighted by molar-refractivity contribution is 0.328. The lowest BCUT2D eigenvalue weighted by Gasteiger charge is -2.14. The third-order valence-corrected chi connectivity index (χ3v) is 4.04. The summed E-state index contributed by atoms with van der Waals surface area (Å²) in [5, 5.41) is 0. The van der Waals surface area contributed by atoms with Crippen molar-refractivity contribution >= 4 is 15.9 Å². The summed E-state index contributed by atoms with van der Waals surface area (Å²) in [4.78, 5) is 3.37. The molecule has 1 heterocycles. The van der Waals surface area contributed by atoms with Crippen molar-refractivity contribution < 1.29 is 0 Å². The predicted octanol–water partition coefficient (Wildman–Crippen LogP) is 4.21. The molecule has 0 spiro atoms. The molecule has 0 aromatic heterocycles. The lowest BCUT2D eigenvalue weighted by Crippen LogP contribution is -2.21. The molecule has 1 atom stereocenters. The topological polar surface area (TPSA) is 3.24 Å². The van der Waals surface area contributed by atoms with Gasteiger partial charge in [0.25, 0.3) is 0 Å². The molecule has 0 N–H and O–H groups in total. The maximum absolute atomic E-state index is 3.69. The summed E-state index contributed by atoms with van der Waals surface area (Å²) in [6, 6.07) is 0. The minimum atomic E-state index is 0.766. The van der Waals surface area contributed by atoms with Crippen molar-refractivity contribution in [3.05, 3.63) is 0 Å². The molecule has 0 aromatic rings. The van der Waals surface area contributed by atoms with E-state index in [2.05, 4.69) is 27.8 Å². The van der Waals surface area contributed by atoms with Crippen LogP contribution in [-0.2, 0) is 0 Å². The van der Waals surface area contributed by atoms with Gasteiger partial charge in [0.1, 0.15) is 0 Å². The monoisotopic (exact) mass is 275 g/mol. The maximum atomic E-state index is 3.69. The van der Waals surface area contributed by atoms with E-state index >= 15 is 0 Å². The molecule has 1 unspecified atom stereocenters.